The highest BCUT2D eigenvalue weighted by atomic mass is 16.4. The van der Waals surface area contributed by atoms with Crippen LogP contribution in [0.25, 0.3) is 0 Å². The third-order valence-corrected chi connectivity index (χ3v) is 4.23. The van der Waals surface area contributed by atoms with Gasteiger partial charge in [-0.2, -0.15) is 0 Å². The van der Waals surface area contributed by atoms with E-state index in [2.05, 4.69) is 5.32 Å². The Balaban J connectivity index is 1.90. The molecule has 5 heteroatoms. The van der Waals surface area contributed by atoms with Crippen LogP contribution in [0.1, 0.15) is 37.7 Å². The average Bonchev–Trinajstić information content (AvgIpc) is 2.48. The van der Waals surface area contributed by atoms with Gasteiger partial charge in [0.15, 0.2) is 0 Å². The van der Waals surface area contributed by atoms with Gasteiger partial charge in [0.25, 0.3) is 0 Å². The first-order chi connectivity index (χ1) is 10.0. The van der Waals surface area contributed by atoms with Crippen molar-refractivity contribution in [1.29, 1.82) is 0 Å². The second-order valence-corrected chi connectivity index (χ2v) is 5.84. The van der Waals surface area contributed by atoms with Crippen LogP contribution in [0, 0.1) is 5.41 Å². The SMILES string of the molecule is Nc1ccc(CC(=O)NCC2(C(=O)O)CCCCC2)cc1. The molecule has 1 fully saturated rings. The highest BCUT2D eigenvalue weighted by Gasteiger charge is 2.39. The summed E-state index contributed by atoms with van der Waals surface area (Å²) in [5, 5.41) is 12.2. The molecule has 0 atom stereocenters. The fourth-order valence-electron chi connectivity index (χ4n) is 2.85. The molecule has 114 valence electrons. The maximum Gasteiger partial charge on any atom is 0.311 e. The van der Waals surface area contributed by atoms with E-state index in [0.29, 0.717) is 18.5 Å². The lowest BCUT2D eigenvalue weighted by Crippen LogP contribution is -2.44. The number of anilines is 1. The molecule has 1 amide bonds. The van der Waals surface area contributed by atoms with Crippen LogP contribution in [0.15, 0.2) is 24.3 Å². The lowest BCUT2D eigenvalue weighted by atomic mass is 9.74. The van der Waals surface area contributed by atoms with Gasteiger partial charge in [-0.15, -0.1) is 0 Å². The zero-order chi connectivity index (χ0) is 15.3. The van der Waals surface area contributed by atoms with E-state index < -0.39 is 11.4 Å². The van der Waals surface area contributed by atoms with Gasteiger partial charge in [-0.25, -0.2) is 0 Å². The van der Waals surface area contributed by atoms with E-state index in [1.165, 1.54) is 0 Å². The summed E-state index contributed by atoms with van der Waals surface area (Å²) >= 11 is 0. The molecule has 21 heavy (non-hydrogen) atoms. The van der Waals surface area contributed by atoms with Crippen LogP contribution in [0.3, 0.4) is 0 Å². The number of amides is 1. The lowest BCUT2D eigenvalue weighted by Gasteiger charge is -2.33. The van der Waals surface area contributed by atoms with E-state index in [0.717, 1.165) is 24.8 Å². The Labute approximate surface area is 124 Å². The number of hydrogen-bond donors (Lipinski definition) is 3. The van der Waals surface area contributed by atoms with Gasteiger partial charge in [0, 0.05) is 12.2 Å². The van der Waals surface area contributed by atoms with Gasteiger partial charge in [0.05, 0.1) is 11.8 Å². The molecule has 0 aromatic heterocycles. The van der Waals surface area contributed by atoms with E-state index in [9.17, 15) is 14.7 Å². The molecular weight excluding hydrogens is 268 g/mol. The highest BCUT2D eigenvalue weighted by molar-refractivity contribution is 5.80. The number of aliphatic carboxylic acids is 1. The Morgan fingerprint density at radius 1 is 1.14 bits per heavy atom. The van der Waals surface area contributed by atoms with Crippen LogP contribution in [0.4, 0.5) is 5.69 Å². The highest BCUT2D eigenvalue weighted by Crippen LogP contribution is 2.36. The Morgan fingerprint density at radius 2 is 1.76 bits per heavy atom. The van der Waals surface area contributed by atoms with Gasteiger partial charge in [-0.1, -0.05) is 31.4 Å². The van der Waals surface area contributed by atoms with Crippen molar-refractivity contribution in [2.24, 2.45) is 5.41 Å². The van der Waals surface area contributed by atoms with Crippen molar-refractivity contribution in [3.63, 3.8) is 0 Å². The number of benzene rings is 1. The van der Waals surface area contributed by atoms with E-state index in [1.54, 1.807) is 12.1 Å². The van der Waals surface area contributed by atoms with Crippen molar-refractivity contribution in [2.75, 3.05) is 12.3 Å². The van der Waals surface area contributed by atoms with Crippen molar-refractivity contribution < 1.29 is 14.7 Å². The topological polar surface area (TPSA) is 92.4 Å². The molecule has 5 nitrogen and oxygen atoms in total. The van der Waals surface area contributed by atoms with Crippen LogP contribution < -0.4 is 11.1 Å². The Bertz CT molecular complexity index is 505. The molecule has 0 saturated heterocycles. The molecule has 0 unspecified atom stereocenters. The Hall–Kier alpha value is -2.04. The normalized spacial score (nSPS) is 17.1. The lowest BCUT2D eigenvalue weighted by molar-refractivity contribution is -0.151. The van der Waals surface area contributed by atoms with E-state index in [1.807, 2.05) is 12.1 Å². The standard InChI is InChI=1S/C16H22N2O3/c17-13-6-4-12(5-7-13)10-14(19)18-11-16(15(20)21)8-2-1-3-9-16/h4-7H,1-3,8-11,17H2,(H,18,19)(H,20,21). The molecule has 1 aromatic carbocycles. The van der Waals surface area contributed by atoms with Gasteiger partial charge in [-0.05, 0) is 30.5 Å². The van der Waals surface area contributed by atoms with Gasteiger partial charge in [0.2, 0.25) is 5.91 Å². The number of carboxylic acid groups (broad SMARTS) is 1. The molecule has 1 aliphatic rings. The first-order valence-corrected chi connectivity index (χ1v) is 7.36. The summed E-state index contributed by atoms with van der Waals surface area (Å²) in [6, 6.07) is 7.12. The van der Waals surface area contributed by atoms with Crippen LogP contribution in [0.2, 0.25) is 0 Å². The molecule has 0 bridgehead atoms. The number of nitrogen functional groups attached to an aromatic ring is 1. The second kappa shape index (κ2) is 6.61. The number of rotatable bonds is 5. The molecule has 0 heterocycles. The number of carboxylic acids is 1. The molecule has 0 aliphatic heterocycles. The minimum absolute atomic E-state index is 0.147. The molecular formula is C16H22N2O3. The molecule has 1 aromatic rings. The maximum absolute atomic E-state index is 12.0. The number of carbonyl (C=O) groups excluding carboxylic acids is 1. The molecule has 1 aliphatic carbocycles. The van der Waals surface area contributed by atoms with Crippen LogP contribution in [-0.2, 0) is 16.0 Å². The van der Waals surface area contributed by atoms with Crippen LogP contribution in [0.5, 0.6) is 0 Å². The molecule has 2 rings (SSSR count). The second-order valence-electron chi connectivity index (χ2n) is 5.84. The Morgan fingerprint density at radius 3 is 2.33 bits per heavy atom. The van der Waals surface area contributed by atoms with Crippen LogP contribution >= 0.6 is 0 Å². The van der Waals surface area contributed by atoms with E-state index in [-0.39, 0.29) is 18.9 Å². The van der Waals surface area contributed by atoms with Crippen molar-refractivity contribution >= 4 is 17.6 Å². The number of nitrogens with one attached hydrogen (secondary N) is 1. The predicted molar refractivity (Wildman–Crippen MR) is 80.7 cm³/mol. The van der Waals surface area contributed by atoms with Crippen molar-refractivity contribution in [2.45, 2.75) is 38.5 Å². The van der Waals surface area contributed by atoms with Gasteiger partial charge in [0.1, 0.15) is 0 Å². The Kier molecular flexibility index (Phi) is 4.83. The molecule has 0 radical (unpaired) electrons. The minimum atomic E-state index is -0.796. The summed E-state index contributed by atoms with van der Waals surface area (Å²) in [6.07, 6.45) is 4.44. The van der Waals surface area contributed by atoms with Gasteiger partial charge >= 0.3 is 5.97 Å². The fraction of sp³-hybridized carbons (Fsp3) is 0.500. The van der Waals surface area contributed by atoms with Gasteiger partial charge in [-0.3, -0.25) is 9.59 Å². The average molecular weight is 290 g/mol. The third kappa shape index (κ3) is 3.97. The van der Waals surface area contributed by atoms with E-state index in [4.69, 9.17) is 5.73 Å². The van der Waals surface area contributed by atoms with Crippen molar-refractivity contribution in [1.82, 2.24) is 5.32 Å². The summed E-state index contributed by atoms with van der Waals surface area (Å²) in [5.74, 6) is -0.944. The first-order valence-electron chi connectivity index (χ1n) is 7.36. The minimum Gasteiger partial charge on any atom is -0.481 e. The summed E-state index contributed by atoms with van der Waals surface area (Å²) in [4.78, 5) is 23.5. The van der Waals surface area contributed by atoms with E-state index >= 15 is 0 Å². The maximum atomic E-state index is 12.0. The predicted octanol–water partition coefficient (Wildman–Crippen LogP) is 1.96. The quantitative estimate of drug-likeness (QED) is 0.723. The molecule has 4 N–H and O–H groups in total. The summed E-state index contributed by atoms with van der Waals surface area (Å²) in [6.45, 7) is 0.218. The van der Waals surface area contributed by atoms with Crippen molar-refractivity contribution in [3.8, 4) is 0 Å². The smallest absolute Gasteiger partial charge is 0.311 e. The zero-order valence-corrected chi connectivity index (χ0v) is 12.1. The third-order valence-electron chi connectivity index (χ3n) is 4.23. The summed E-state index contributed by atoms with van der Waals surface area (Å²) in [5.41, 5.74) is 6.34. The largest absolute Gasteiger partial charge is 0.481 e. The first kappa shape index (κ1) is 15.4. The zero-order valence-electron chi connectivity index (χ0n) is 12.1. The summed E-state index contributed by atoms with van der Waals surface area (Å²) < 4.78 is 0. The number of hydrogen-bond acceptors (Lipinski definition) is 3. The van der Waals surface area contributed by atoms with Crippen LogP contribution in [-0.4, -0.2) is 23.5 Å². The molecule has 1 saturated carbocycles. The van der Waals surface area contributed by atoms with Gasteiger partial charge < -0.3 is 16.2 Å². The number of nitrogens with two attached hydrogens (primary N) is 1. The van der Waals surface area contributed by atoms with Crippen molar-refractivity contribution in [3.05, 3.63) is 29.8 Å². The molecule has 0 spiro atoms. The fourth-order valence-corrected chi connectivity index (χ4v) is 2.85. The number of carbonyl (C=O) groups is 2. The summed E-state index contributed by atoms with van der Waals surface area (Å²) in [7, 11) is 0. The monoisotopic (exact) mass is 290 g/mol.